The van der Waals surface area contributed by atoms with Gasteiger partial charge >= 0.3 is 12.1 Å². The topological polar surface area (TPSA) is 64.6 Å². The standard InChI is InChI=1S/C12H23NO4/c1-4-7-10(11(14)16-8-5-2)13-12(15)17-9-6-3/h10H,4-9H2,1-3H3,(H,13,15). The molecule has 0 bridgehead atoms. The summed E-state index contributed by atoms with van der Waals surface area (Å²) in [5, 5.41) is 2.53. The SMILES string of the molecule is CCCOC(=O)NC(CCC)C(=O)OCCC. The fourth-order valence-corrected chi connectivity index (χ4v) is 1.22. The second-order valence-corrected chi connectivity index (χ2v) is 3.79. The Morgan fingerprint density at radius 3 is 2.12 bits per heavy atom. The molecule has 0 aliphatic carbocycles. The lowest BCUT2D eigenvalue weighted by Crippen LogP contribution is -2.42. The maximum absolute atomic E-state index is 11.6. The minimum Gasteiger partial charge on any atom is -0.464 e. The molecule has 17 heavy (non-hydrogen) atoms. The Labute approximate surface area is 103 Å². The van der Waals surface area contributed by atoms with Gasteiger partial charge in [-0.2, -0.15) is 0 Å². The minimum atomic E-state index is -0.601. The van der Waals surface area contributed by atoms with E-state index in [1.54, 1.807) is 0 Å². The molecule has 1 unspecified atom stereocenters. The molecule has 1 N–H and O–H groups in total. The Kier molecular flexibility index (Phi) is 9.19. The van der Waals surface area contributed by atoms with Crippen molar-refractivity contribution in [3.8, 4) is 0 Å². The zero-order chi connectivity index (χ0) is 13.1. The first-order valence-electron chi connectivity index (χ1n) is 6.25. The van der Waals surface area contributed by atoms with Crippen molar-refractivity contribution in [2.24, 2.45) is 0 Å². The minimum absolute atomic E-state index is 0.356. The third kappa shape index (κ3) is 7.60. The zero-order valence-electron chi connectivity index (χ0n) is 11.0. The van der Waals surface area contributed by atoms with Gasteiger partial charge in [-0.1, -0.05) is 27.2 Å². The third-order valence-corrected chi connectivity index (χ3v) is 2.04. The Balaban J connectivity index is 4.12. The third-order valence-electron chi connectivity index (χ3n) is 2.04. The van der Waals surface area contributed by atoms with E-state index in [4.69, 9.17) is 9.47 Å². The molecule has 1 atom stereocenters. The van der Waals surface area contributed by atoms with Gasteiger partial charge in [0.05, 0.1) is 13.2 Å². The van der Waals surface area contributed by atoms with E-state index in [2.05, 4.69) is 5.32 Å². The molecule has 0 radical (unpaired) electrons. The number of amides is 1. The van der Waals surface area contributed by atoms with Crippen molar-refractivity contribution in [3.05, 3.63) is 0 Å². The number of carbonyl (C=O) groups is 2. The van der Waals surface area contributed by atoms with E-state index in [0.717, 1.165) is 19.3 Å². The van der Waals surface area contributed by atoms with E-state index in [1.807, 2.05) is 20.8 Å². The molecule has 0 rings (SSSR count). The Bertz CT molecular complexity index is 231. The van der Waals surface area contributed by atoms with Gasteiger partial charge in [0.15, 0.2) is 0 Å². The number of ether oxygens (including phenoxy) is 2. The van der Waals surface area contributed by atoms with E-state index < -0.39 is 12.1 Å². The van der Waals surface area contributed by atoms with Crippen LogP contribution < -0.4 is 5.32 Å². The van der Waals surface area contributed by atoms with Gasteiger partial charge in [-0.05, 0) is 19.3 Å². The molecule has 0 aromatic heterocycles. The van der Waals surface area contributed by atoms with Crippen LogP contribution in [0.1, 0.15) is 46.5 Å². The quantitative estimate of drug-likeness (QED) is 0.666. The number of esters is 1. The number of carbonyl (C=O) groups excluding carboxylic acids is 2. The summed E-state index contributed by atoms with van der Waals surface area (Å²) >= 11 is 0. The second-order valence-electron chi connectivity index (χ2n) is 3.79. The van der Waals surface area contributed by atoms with Gasteiger partial charge < -0.3 is 14.8 Å². The molecule has 0 aliphatic heterocycles. The number of hydrogen-bond donors (Lipinski definition) is 1. The summed E-state index contributed by atoms with van der Waals surface area (Å²) < 4.78 is 9.87. The van der Waals surface area contributed by atoms with Crippen molar-refractivity contribution in [1.82, 2.24) is 5.32 Å². The monoisotopic (exact) mass is 245 g/mol. The summed E-state index contributed by atoms with van der Waals surface area (Å²) in [6, 6.07) is -0.601. The van der Waals surface area contributed by atoms with Crippen molar-refractivity contribution in [2.75, 3.05) is 13.2 Å². The Morgan fingerprint density at radius 2 is 1.59 bits per heavy atom. The molecule has 0 aliphatic rings. The molecule has 5 nitrogen and oxygen atoms in total. The van der Waals surface area contributed by atoms with Gasteiger partial charge in [-0.3, -0.25) is 0 Å². The smallest absolute Gasteiger partial charge is 0.407 e. The maximum atomic E-state index is 11.6. The Morgan fingerprint density at radius 1 is 1.00 bits per heavy atom. The van der Waals surface area contributed by atoms with Gasteiger partial charge in [0.25, 0.3) is 0 Å². The van der Waals surface area contributed by atoms with E-state index in [0.29, 0.717) is 19.6 Å². The number of alkyl carbamates (subject to hydrolysis) is 1. The largest absolute Gasteiger partial charge is 0.464 e. The summed E-state index contributed by atoms with van der Waals surface area (Å²) in [4.78, 5) is 22.9. The first kappa shape index (κ1) is 15.7. The average Bonchev–Trinajstić information content (AvgIpc) is 2.32. The fraction of sp³-hybridized carbons (Fsp3) is 0.833. The van der Waals surface area contributed by atoms with Crippen LogP contribution in [0.2, 0.25) is 0 Å². The van der Waals surface area contributed by atoms with Crippen LogP contribution in [0.5, 0.6) is 0 Å². The molecule has 0 saturated carbocycles. The van der Waals surface area contributed by atoms with Crippen LogP contribution >= 0.6 is 0 Å². The maximum Gasteiger partial charge on any atom is 0.407 e. The molecule has 0 saturated heterocycles. The van der Waals surface area contributed by atoms with E-state index >= 15 is 0 Å². The van der Waals surface area contributed by atoms with Crippen molar-refractivity contribution < 1.29 is 19.1 Å². The van der Waals surface area contributed by atoms with Crippen LogP contribution in [-0.4, -0.2) is 31.3 Å². The van der Waals surface area contributed by atoms with Crippen molar-refractivity contribution in [2.45, 2.75) is 52.5 Å². The van der Waals surface area contributed by atoms with E-state index in [1.165, 1.54) is 0 Å². The molecule has 0 aromatic carbocycles. The molecule has 0 aromatic rings. The summed E-state index contributed by atoms with van der Waals surface area (Å²) in [5.41, 5.74) is 0. The van der Waals surface area contributed by atoms with Crippen LogP contribution in [0.15, 0.2) is 0 Å². The molecule has 100 valence electrons. The lowest BCUT2D eigenvalue weighted by atomic mass is 10.2. The Hall–Kier alpha value is -1.26. The normalized spacial score (nSPS) is 11.7. The molecular weight excluding hydrogens is 222 g/mol. The summed E-state index contributed by atoms with van der Waals surface area (Å²) in [5.74, 6) is -0.387. The summed E-state index contributed by atoms with van der Waals surface area (Å²) in [6.07, 6.45) is 2.32. The van der Waals surface area contributed by atoms with Crippen LogP contribution in [0, 0.1) is 0 Å². The van der Waals surface area contributed by atoms with E-state index in [-0.39, 0.29) is 5.97 Å². The van der Waals surface area contributed by atoms with Crippen molar-refractivity contribution in [1.29, 1.82) is 0 Å². The van der Waals surface area contributed by atoms with Crippen LogP contribution in [0.4, 0.5) is 4.79 Å². The van der Waals surface area contributed by atoms with Gasteiger partial charge in [0, 0.05) is 0 Å². The highest BCUT2D eigenvalue weighted by molar-refractivity contribution is 5.81. The van der Waals surface area contributed by atoms with Crippen LogP contribution in [0.3, 0.4) is 0 Å². The van der Waals surface area contributed by atoms with Gasteiger partial charge in [0.1, 0.15) is 6.04 Å². The summed E-state index contributed by atoms with van der Waals surface area (Å²) in [6.45, 7) is 6.51. The van der Waals surface area contributed by atoms with Crippen molar-refractivity contribution in [3.63, 3.8) is 0 Å². The molecule has 1 amide bonds. The predicted molar refractivity (Wildman–Crippen MR) is 64.7 cm³/mol. The first-order chi connectivity index (χ1) is 8.15. The number of nitrogens with one attached hydrogen (secondary N) is 1. The van der Waals surface area contributed by atoms with Crippen LogP contribution in [0.25, 0.3) is 0 Å². The van der Waals surface area contributed by atoms with Crippen molar-refractivity contribution >= 4 is 12.1 Å². The molecule has 0 heterocycles. The lowest BCUT2D eigenvalue weighted by molar-refractivity contribution is -0.146. The molecular formula is C12H23NO4. The molecule has 5 heteroatoms. The number of rotatable bonds is 8. The second kappa shape index (κ2) is 9.93. The first-order valence-corrected chi connectivity index (χ1v) is 6.25. The van der Waals surface area contributed by atoms with Crippen LogP contribution in [-0.2, 0) is 14.3 Å². The number of hydrogen-bond acceptors (Lipinski definition) is 4. The zero-order valence-corrected chi connectivity index (χ0v) is 11.0. The molecule has 0 spiro atoms. The fourth-order valence-electron chi connectivity index (χ4n) is 1.22. The van der Waals surface area contributed by atoms with Gasteiger partial charge in [-0.25, -0.2) is 9.59 Å². The molecule has 0 fully saturated rings. The van der Waals surface area contributed by atoms with Gasteiger partial charge in [0.2, 0.25) is 0 Å². The lowest BCUT2D eigenvalue weighted by Gasteiger charge is -2.16. The highest BCUT2D eigenvalue weighted by atomic mass is 16.6. The predicted octanol–water partition coefficient (Wildman–Crippen LogP) is 2.24. The highest BCUT2D eigenvalue weighted by Crippen LogP contribution is 2.01. The average molecular weight is 245 g/mol. The van der Waals surface area contributed by atoms with E-state index in [9.17, 15) is 9.59 Å². The highest BCUT2D eigenvalue weighted by Gasteiger charge is 2.21. The van der Waals surface area contributed by atoms with Gasteiger partial charge in [-0.15, -0.1) is 0 Å². The summed E-state index contributed by atoms with van der Waals surface area (Å²) in [7, 11) is 0.